The van der Waals surface area contributed by atoms with Gasteiger partial charge < -0.3 is 9.84 Å². The van der Waals surface area contributed by atoms with Crippen molar-refractivity contribution in [3.8, 4) is 0 Å². The Labute approximate surface area is 171 Å². The van der Waals surface area contributed by atoms with Crippen LogP contribution < -0.4 is 0 Å². The molecule has 0 saturated carbocycles. The van der Waals surface area contributed by atoms with Crippen LogP contribution in [-0.2, 0) is 16.9 Å². The topological polar surface area (TPSA) is 32.7 Å². The van der Waals surface area contributed by atoms with Crippen molar-refractivity contribution < 1.29 is 9.84 Å². The molecular weight excluding hydrogens is 412 g/mol. The maximum absolute atomic E-state index is 11.4. The number of rotatable bonds is 5. The maximum atomic E-state index is 11.4. The van der Waals surface area contributed by atoms with Gasteiger partial charge in [0.1, 0.15) is 11.7 Å². The lowest BCUT2D eigenvalue weighted by Gasteiger charge is -2.44. The average Bonchev–Trinajstić information content (AvgIpc) is 2.64. The molecule has 1 fully saturated rings. The van der Waals surface area contributed by atoms with E-state index in [1.54, 1.807) is 24.3 Å². The summed E-state index contributed by atoms with van der Waals surface area (Å²) in [4.78, 5) is 2.24. The van der Waals surface area contributed by atoms with Gasteiger partial charge in [0.15, 0.2) is 0 Å². The number of benzene rings is 2. The SMILES string of the molecule is O[C@@]1(c2ccc(Cl)cc2)CCN(CP)C[C@H]1OCc1ccc(Cl)c(Cl)c1. The Morgan fingerprint density at radius 3 is 2.50 bits per heavy atom. The van der Waals surface area contributed by atoms with Crippen LogP contribution in [0.15, 0.2) is 42.5 Å². The molecule has 3 nitrogen and oxygen atoms in total. The van der Waals surface area contributed by atoms with Gasteiger partial charge in [-0.2, -0.15) is 0 Å². The summed E-state index contributed by atoms with van der Waals surface area (Å²) in [7, 11) is 2.73. The number of aliphatic hydroxyl groups is 1. The van der Waals surface area contributed by atoms with Gasteiger partial charge in [-0.15, -0.1) is 9.24 Å². The van der Waals surface area contributed by atoms with Crippen molar-refractivity contribution in [1.29, 1.82) is 0 Å². The van der Waals surface area contributed by atoms with Crippen LogP contribution in [-0.4, -0.2) is 35.5 Å². The van der Waals surface area contributed by atoms with E-state index in [1.807, 2.05) is 18.2 Å². The first-order valence-corrected chi connectivity index (χ1v) is 10.3. The average molecular weight is 433 g/mol. The molecule has 1 unspecified atom stereocenters. The highest BCUT2D eigenvalue weighted by Crippen LogP contribution is 2.36. The van der Waals surface area contributed by atoms with Gasteiger partial charge in [0, 0.05) is 24.4 Å². The zero-order valence-electron chi connectivity index (χ0n) is 14.2. The number of ether oxygens (including phenoxy) is 1. The first kappa shape index (κ1) is 20.4. The van der Waals surface area contributed by atoms with Crippen LogP contribution in [0.1, 0.15) is 17.5 Å². The number of hydrogen-bond acceptors (Lipinski definition) is 3. The summed E-state index contributed by atoms with van der Waals surface area (Å²) >= 11 is 18.1. The van der Waals surface area contributed by atoms with E-state index in [2.05, 4.69) is 14.1 Å². The van der Waals surface area contributed by atoms with E-state index in [0.29, 0.717) is 34.6 Å². The Morgan fingerprint density at radius 2 is 1.85 bits per heavy atom. The molecule has 0 spiro atoms. The zero-order valence-corrected chi connectivity index (χ0v) is 17.6. The smallest absolute Gasteiger partial charge is 0.118 e. The fourth-order valence-electron chi connectivity index (χ4n) is 3.22. The highest BCUT2D eigenvalue weighted by atomic mass is 35.5. The molecule has 2 aromatic rings. The quantitative estimate of drug-likeness (QED) is 0.678. The van der Waals surface area contributed by atoms with Crippen LogP contribution in [0.25, 0.3) is 0 Å². The van der Waals surface area contributed by atoms with Crippen molar-refractivity contribution in [1.82, 2.24) is 4.90 Å². The van der Waals surface area contributed by atoms with E-state index in [4.69, 9.17) is 39.5 Å². The van der Waals surface area contributed by atoms with E-state index in [-0.39, 0.29) is 6.10 Å². The van der Waals surface area contributed by atoms with Crippen LogP contribution in [0.4, 0.5) is 0 Å². The Kier molecular flexibility index (Phi) is 6.85. The number of likely N-dealkylation sites (tertiary alicyclic amines) is 1. The molecule has 2 aromatic carbocycles. The minimum atomic E-state index is -1.06. The van der Waals surface area contributed by atoms with E-state index in [1.165, 1.54) is 0 Å². The van der Waals surface area contributed by atoms with Gasteiger partial charge in [-0.3, -0.25) is 4.90 Å². The van der Waals surface area contributed by atoms with Crippen LogP contribution >= 0.6 is 44.0 Å². The fourth-order valence-corrected chi connectivity index (χ4v) is 4.00. The first-order chi connectivity index (χ1) is 12.4. The molecule has 1 aliphatic heterocycles. The normalized spacial score (nSPS) is 24.0. The third-order valence-corrected chi connectivity index (χ3v) is 6.31. The number of nitrogens with zero attached hydrogens (tertiary/aromatic N) is 1. The summed E-state index contributed by atoms with van der Waals surface area (Å²) in [5.74, 6) is 0. The number of piperidine rings is 1. The molecule has 1 aliphatic rings. The summed E-state index contributed by atoms with van der Waals surface area (Å²) in [6, 6.07) is 12.8. The van der Waals surface area contributed by atoms with E-state index in [0.717, 1.165) is 24.0 Å². The lowest BCUT2D eigenvalue weighted by molar-refractivity contribution is -0.154. The standard InChI is InChI=1S/C19H21Cl3NO2P/c20-15-4-2-14(3-5-15)19(24)7-8-23(12-26)10-18(19)25-11-13-1-6-16(21)17(22)9-13/h1-6,9,18,24H,7-8,10-12,26H2/t18-,19-/m1/s1. The van der Waals surface area contributed by atoms with Gasteiger partial charge in [-0.25, -0.2) is 0 Å². The van der Waals surface area contributed by atoms with Crippen LogP contribution in [0.5, 0.6) is 0 Å². The molecule has 26 heavy (non-hydrogen) atoms. The van der Waals surface area contributed by atoms with Crippen LogP contribution in [0, 0.1) is 0 Å². The summed E-state index contributed by atoms with van der Waals surface area (Å²) < 4.78 is 6.16. The molecule has 3 atom stereocenters. The van der Waals surface area contributed by atoms with Gasteiger partial charge >= 0.3 is 0 Å². The Balaban J connectivity index is 1.81. The summed E-state index contributed by atoms with van der Waals surface area (Å²) in [6.45, 7) is 1.79. The molecule has 140 valence electrons. The van der Waals surface area contributed by atoms with Gasteiger partial charge in [0.05, 0.1) is 16.7 Å². The van der Waals surface area contributed by atoms with Crippen molar-refractivity contribution in [2.24, 2.45) is 0 Å². The second kappa shape index (κ2) is 8.75. The summed E-state index contributed by atoms with van der Waals surface area (Å²) in [5, 5.41) is 13.1. The van der Waals surface area contributed by atoms with Crippen molar-refractivity contribution in [2.45, 2.75) is 24.7 Å². The Hall–Kier alpha value is -0.380. The Bertz CT molecular complexity index is 759. The predicted octanol–water partition coefficient (Wildman–Crippen LogP) is 4.96. The molecule has 1 N–H and O–H groups in total. The van der Waals surface area contributed by atoms with Gasteiger partial charge in [0.2, 0.25) is 0 Å². The third kappa shape index (κ3) is 4.54. The van der Waals surface area contributed by atoms with Crippen molar-refractivity contribution in [3.05, 3.63) is 68.7 Å². The lowest BCUT2D eigenvalue weighted by atomic mass is 9.82. The maximum Gasteiger partial charge on any atom is 0.118 e. The highest BCUT2D eigenvalue weighted by Gasteiger charge is 2.43. The molecule has 1 heterocycles. The molecule has 7 heteroatoms. The fraction of sp³-hybridized carbons (Fsp3) is 0.368. The second-order valence-electron chi connectivity index (χ2n) is 6.49. The van der Waals surface area contributed by atoms with Crippen molar-refractivity contribution in [2.75, 3.05) is 19.4 Å². The summed E-state index contributed by atoms with van der Waals surface area (Å²) in [6.07, 6.45) is 1.06. The van der Waals surface area contributed by atoms with E-state index in [9.17, 15) is 5.11 Å². The minimum Gasteiger partial charge on any atom is -0.382 e. The lowest BCUT2D eigenvalue weighted by Crippen LogP contribution is -2.54. The summed E-state index contributed by atoms with van der Waals surface area (Å²) in [5.41, 5.74) is 0.683. The molecule has 0 amide bonds. The first-order valence-electron chi connectivity index (χ1n) is 8.39. The molecule has 1 saturated heterocycles. The van der Waals surface area contributed by atoms with Gasteiger partial charge in [0.25, 0.3) is 0 Å². The second-order valence-corrected chi connectivity index (χ2v) is 8.10. The molecule has 3 rings (SSSR count). The predicted molar refractivity (Wildman–Crippen MR) is 111 cm³/mol. The largest absolute Gasteiger partial charge is 0.382 e. The monoisotopic (exact) mass is 431 g/mol. The molecule has 0 radical (unpaired) electrons. The number of hydrogen-bond donors (Lipinski definition) is 1. The van der Waals surface area contributed by atoms with E-state index >= 15 is 0 Å². The molecular formula is C19H21Cl3NO2P. The van der Waals surface area contributed by atoms with Crippen molar-refractivity contribution >= 4 is 44.0 Å². The molecule has 0 aliphatic carbocycles. The van der Waals surface area contributed by atoms with Crippen LogP contribution in [0.3, 0.4) is 0 Å². The number of halogens is 3. The molecule has 0 bridgehead atoms. The van der Waals surface area contributed by atoms with E-state index < -0.39 is 5.60 Å². The van der Waals surface area contributed by atoms with Crippen LogP contribution in [0.2, 0.25) is 15.1 Å². The highest BCUT2D eigenvalue weighted by molar-refractivity contribution is 7.16. The zero-order chi connectivity index (χ0) is 18.7. The molecule has 0 aromatic heterocycles. The Morgan fingerprint density at radius 1 is 1.12 bits per heavy atom. The van der Waals surface area contributed by atoms with Gasteiger partial charge in [-0.05, 0) is 41.8 Å². The minimum absolute atomic E-state index is 0.349. The third-order valence-electron chi connectivity index (χ3n) is 4.80. The van der Waals surface area contributed by atoms with Crippen molar-refractivity contribution in [3.63, 3.8) is 0 Å². The van der Waals surface area contributed by atoms with Gasteiger partial charge in [-0.1, -0.05) is 53.0 Å².